The number of rotatable bonds is 8. The number of aromatic nitrogens is 2. The van der Waals surface area contributed by atoms with Crippen LogP contribution in [0.5, 0.6) is 0 Å². The number of hydrogen-bond acceptors (Lipinski definition) is 4. The second-order valence-electron chi connectivity index (χ2n) is 11.4. The number of fused-ring (bicyclic) bond motifs is 2. The number of Topliss-reactive ketones (excluding diaryl/α,β-unsaturated/α-hetero) is 2. The van der Waals surface area contributed by atoms with Gasteiger partial charge in [0.2, 0.25) is 0 Å². The molecule has 222 valence electrons. The first-order valence-corrected chi connectivity index (χ1v) is 15.0. The molecule has 0 saturated heterocycles. The van der Waals surface area contributed by atoms with Crippen LogP contribution in [0.15, 0.2) is 143 Å². The van der Waals surface area contributed by atoms with E-state index in [1.807, 2.05) is 84.9 Å². The molecule has 0 aliphatic carbocycles. The summed E-state index contributed by atoms with van der Waals surface area (Å²) in [5.41, 5.74) is 6.48. The van der Waals surface area contributed by atoms with Gasteiger partial charge in [-0.1, -0.05) is 109 Å². The molecule has 0 aliphatic heterocycles. The van der Waals surface area contributed by atoms with Crippen molar-refractivity contribution in [3.63, 3.8) is 0 Å². The summed E-state index contributed by atoms with van der Waals surface area (Å²) in [4.78, 5) is 58.7. The lowest BCUT2D eigenvalue weighted by Crippen LogP contribution is -2.07. The number of carbonyl (C=O) groups excluding carboxylic acids is 2. The van der Waals surface area contributed by atoms with E-state index in [2.05, 4.69) is 9.97 Å². The Balaban J connectivity index is 1.15. The van der Waals surface area contributed by atoms with Crippen molar-refractivity contribution in [2.75, 3.05) is 0 Å². The van der Waals surface area contributed by atoms with Crippen molar-refractivity contribution in [3.05, 3.63) is 176 Å². The zero-order valence-electron chi connectivity index (χ0n) is 24.7. The van der Waals surface area contributed by atoms with Crippen LogP contribution in [0.3, 0.4) is 0 Å². The highest BCUT2D eigenvalue weighted by atomic mass is 16.1. The molecule has 5 aromatic carbocycles. The Morgan fingerprint density at radius 2 is 0.826 bits per heavy atom. The highest BCUT2D eigenvalue weighted by molar-refractivity contribution is 5.99. The normalized spacial score (nSPS) is 11.1. The van der Waals surface area contributed by atoms with Gasteiger partial charge in [-0.2, -0.15) is 0 Å². The number of carbonyl (C=O) groups is 2. The summed E-state index contributed by atoms with van der Waals surface area (Å²) in [6, 6.07) is 40.0. The highest BCUT2D eigenvalue weighted by Gasteiger charge is 2.13. The van der Waals surface area contributed by atoms with E-state index in [9.17, 15) is 19.2 Å². The first-order valence-electron chi connectivity index (χ1n) is 15.0. The Hall–Kier alpha value is -6.14. The fourth-order valence-corrected chi connectivity index (χ4v) is 5.74. The Labute approximate surface area is 264 Å². The molecule has 6 nitrogen and oxygen atoms in total. The van der Waals surface area contributed by atoms with Gasteiger partial charge in [0.15, 0.2) is 22.4 Å². The molecule has 0 bridgehead atoms. The minimum atomic E-state index is -0.192. The highest BCUT2D eigenvalue weighted by Crippen LogP contribution is 2.25. The third kappa shape index (κ3) is 5.84. The van der Waals surface area contributed by atoms with Crippen molar-refractivity contribution >= 4 is 33.4 Å². The van der Waals surface area contributed by atoms with Crippen LogP contribution in [0.4, 0.5) is 0 Å². The molecule has 46 heavy (non-hydrogen) atoms. The van der Waals surface area contributed by atoms with E-state index in [1.54, 1.807) is 36.4 Å². The van der Waals surface area contributed by atoms with E-state index in [0.29, 0.717) is 57.2 Å². The Kier molecular flexibility index (Phi) is 7.53. The van der Waals surface area contributed by atoms with E-state index in [-0.39, 0.29) is 22.4 Å². The lowest BCUT2D eigenvalue weighted by molar-refractivity contribution is 0.0985. The van der Waals surface area contributed by atoms with Crippen LogP contribution in [0.1, 0.15) is 31.8 Å². The minimum Gasteiger partial charge on any atom is -0.354 e. The maximum absolute atomic E-state index is 13.3. The largest absolute Gasteiger partial charge is 0.354 e. The molecule has 0 unspecified atom stereocenters. The van der Waals surface area contributed by atoms with E-state index in [4.69, 9.17) is 0 Å². The van der Waals surface area contributed by atoms with Crippen molar-refractivity contribution < 1.29 is 9.59 Å². The minimum absolute atomic E-state index is 0.0160. The fourth-order valence-electron chi connectivity index (χ4n) is 5.74. The van der Waals surface area contributed by atoms with Crippen molar-refractivity contribution in [2.45, 2.75) is 12.8 Å². The van der Waals surface area contributed by atoms with Gasteiger partial charge in [0, 0.05) is 58.3 Å². The molecule has 0 radical (unpaired) electrons. The summed E-state index contributed by atoms with van der Waals surface area (Å²) >= 11 is 0. The summed E-state index contributed by atoms with van der Waals surface area (Å²) in [7, 11) is 0. The van der Waals surface area contributed by atoms with Crippen LogP contribution in [0.25, 0.3) is 44.3 Å². The lowest BCUT2D eigenvalue weighted by atomic mass is 10.00. The van der Waals surface area contributed by atoms with Crippen LogP contribution >= 0.6 is 0 Å². The maximum atomic E-state index is 13.3. The molecule has 7 rings (SSSR count). The molecule has 7 aromatic rings. The van der Waals surface area contributed by atoms with Crippen molar-refractivity contribution in [1.29, 1.82) is 0 Å². The number of hydrogen-bond donors (Lipinski definition) is 2. The second kappa shape index (κ2) is 12.1. The van der Waals surface area contributed by atoms with Gasteiger partial charge in [-0.15, -0.1) is 0 Å². The van der Waals surface area contributed by atoms with Crippen molar-refractivity contribution in [2.24, 2.45) is 0 Å². The average Bonchev–Trinajstić information content (AvgIpc) is 3.09. The van der Waals surface area contributed by atoms with Crippen LogP contribution in [-0.2, 0) is 12.8 Å². The number of nitrogens with one attached hydrogen (secondary N) is 2. The van der Waals surface area contributed by atoms with E-state index < -0.39 is 0 Å². The van der Waals surface area contributed by atoms with Crippen LogP contribution < -0.4 is 10.9 Å². The molecule has 2 heterocycles. The molecular weight excluding hydrogens is 572 g/mol. The molecule has 0 aliphatic rings. The molecule has 0 spiro atoms. The Morgan fingerprint density at radius 3 is 1.20 bits per heavy atom. The van der Waals surface area contributed by atoms with Gasteiger partial charge in [0.1, 0.15) is 0 Å². The van der Waals surface area contributed by atoms with Gasteiger partial charge in [-0.25, -0.2) is 0 Å². The quantitative estimate of drug-likeness (QED) is 0.139. The maximum Gasteiger partial charge on any atom is 0.190 e. The Morgan fingerprint density at radius 1 is 0.457 bits per heavy atom. The third-order valence-electron chi connectivity index (χ3n) is 8.23. The molecule has 0 fully saturated rings. The molecule has 0 amide bonds. The summed E-state index contributed by atoms with van der Waals surface area (Å²) in [5.74, 6) is 0.0321. The van der Waals surface area contributed by atoms with Crippen molar-refractivity contribution in [1.82, 2.24) is 9.97 Å². The first kappa shape index (κ1) is 28.6. The lowest BCUT2D eigenvalue weighted by Gasteiger charge is -2.09. The predicted molar refractivity (Wildman–Crippen MR) is 183 cm³/mol. The summed E-state index contributed by atoms with van der Waals surface area (Å²) in [6.07, 6.45) is 0.631. The molecule has 6 heteroatoms. The van der Waals surface area contributed by atoms with Crippen molar-refractivity contribution in [3.8, 4) is 22.5 Å². The van der Waals surface area contributed by atoms with Gasteiger partial charge in [-0.3, -0.25) is 19.2 Å². The zero-order valence-corrected chi connectivity index (χ0v) is 24.7. The number of ketones is 2. The zero-order chi connectivity index (χ0) is 31.6. The molecule has 2 N–H and O–H groups in total. The fraction of sp³-hybridized carbons (Fsp3) is 0.0500. The number of benzene rings is 5. The molecule has 0 atom stereocenters. The smallest absolute Gasteiger partial charge is 0.190 e. The predicted octanol–water partition coefficient (Wildman–Crippen LogP) is 7.55. The molecule has 0 saturated carbocycles. The Bertz CT molecular complexity index is 2180. The van der Waals surface area contributed by atoms with E-state index >= 15 is 0 Å². The monoisotopic (exact) mass is 600 g/mol. The second-order valence-corrected chi connectivity index (χ2v) is 11.4. The van der Waals surface area contributed by atoms with Gasteiger partial charge in [0.25, 0.3) is 0 Å². The topological polar surface area (TPSA) is 99.9 Å². The average molecular weight is 601 g/mol. The van der Waals surface area contributed by atoms with Gasteiger partial charge in [-0.05, 0) is 34.4 Å². The van der Waals surface area contributed by atoms with E-state index in [0.717, 1.165) is 22.3 Å². The summed E-state index contributed by atoms with van der Waals surface area (Å²) in [6.45, 7) is 0. The summed E-state index contributed by atoms with van der Waals surface area (Å²) in [5, 5.41) is 0.890. The number of pyridine rings is 2. The standard InChI is InChI=1S/C40H28N2O4/c43-37(19-25-7-3-1-4-8-25)29-15-11-27(12-16-29)33-23-39(45)31-22-36-32(21-35(31)41-33)40(46)24-34(42-36)28-13-17-30(18-14-28)38(44)20-26-9-5-2-6-10-26/h1-18,21-24H,19-20H2,(H,41,45)(H,42,46). The SMILES string of the molecule is O=C(Cc1ccccc1)c1ccc(-c2cc(=O)c3cc4[nH]c(-c5ccc(C(=O)Cc6ccccc6)cc5)cc(=O)c4cc3[nH]2)cc1. The van der Waals surface area contributed by atoms with Crippen LogP contribution in [0.2, 0.25) is 0 Å². The van der Waals surface area contributed by atoms with Gasteiger partial charge >= 0.3 is 0 Å². The first-order chi connectivity index (χ1) is 22.4. The summed E-state index contributed by atoms with van der Waals surface area (Å²) < 4.78 is 0. The van der Waals surface area contributed by atoms with Crippen LogP contribution in [0, 0.1) is 0 Å². The molecular formula is C40H28N2O4. The number of H-pyrrole nitrogens is 2. The third-order valence-corrected chi connectivity index (χ3v) is 8.23. The van der Waals surface area contributed by atoms with Gasteiger partial charge in [0.05, 0.1) is 11.0 Å². The molecule has 2 aromatic heterocycles. The van der Waals surface area contributed by atoms with Crippen LogP contribution in [-0.4, -0.2) is 21.5 Å². The van der Waals surface area contributed by atoms with E-state index in [1.165, 1.54) is 12.1 Å². The number of aromatic amines is 2. The van der Waals surface area contributed by atoms with Gasteiger partial charge < -0.3 is 9.97 Å².